The fourth-order valence-corrected chi connectivity index (χ4v) is 3.29. The molecule has 3 N–H and O–H groups in total. The van der Waals surface area contributed by atoms with E-state index in [9.17, 15) is 0 Å². The lowest BCUT2D eigenvalue weighted by molar-refractivity contribution is 0.446. The first-order chi connectivity index (χ1) is 9.92. The molecule has 0 aliphatic carbocycles. The average Bonchev–Trinajstić information content (AvgIpc) is 2.77. The normalized spacial score (nSPS) is 12.9. The Morgan fingerprint density at radius 2 is 1.86 bits per heavy atom. The summed E-state index contributed by atoms with van der Waals surface area (Å²) in [7, 11) is 0. The van der Waals surface area contributed by atoms with Crippen molar-refractivity contribution in [2.75, 3.05) is 0 Å². The highest BCUT2D eigenvalue weighted by Gasteiger charge is 2.21. The summed E-state index contributed by atoms with van der Waals surface area (Å²) in [5.74, 6) is 5.81. The zero-order valence-electron chi connectivity index (χ0n) is 13.0. The Balaban J connectivity index is 2.34. The third-order valence-corrected chi connectivity index (χ3v) is 4.14. The Labute approximate surface area is 134 Å². The summed E-state index contributed by atoms with van der Waals surface area (Å²) >= 11 is 3.59. The molecule has 2 rings (SSSR count). The van der Waals surface area contributed by atoms with Crippen LogP contribution in [-0.2, 0) is 6.42 Å². The molecule has 0 bridgehead atoms. The van der Waals surface area contributed by atoms with E-state index in [2.05, 4.69) is 72.3 Å². The Bertz CT molecular complexity index is 598. The Hall–Kier alpha value is -1.17. The minimum absolute atomic E-state index is 0.0190. The van der Waals surface area contributed by atoms with Gasteiger partial charge in [0.25, 0.3) is 0 Å². The van der Waals surface area contributed by atoms with Gasteiger partial charge in [-0.2, -0.15) is 5.10 Å². The largest absolute Gasteiger partial charge is 0.271 e. The van der Waals surface area contributed by atoms with Gasteiger partial charge in [-0.3, -0.25) is 16.0 Å². The summed E-state index contributed by atoms with van der Waals surface area (Å²) in [6, 6.07) is 6.91. The predicted octanol–water partition coefficient (Wildman–Crippen LogP) is 3.59. The zero-order valence-corrected chi connectivity index (χ0v) is 14.6. The van der Waals surface area contributed by atoms with Crippen molar-refractivity contribution in [1.29, 1.82) is 0 Å². The zero-order chi connectivity index (χ0) is 15.6. The molecule has 1 unspecified atom stereocenters. The summed E-state index contributed by atoms with van der Waals surface area (Å²) in [6.45, 7) is 8.48. The van der Waals surface area contributed by atoms with Crippen LogP contribution >= 0.6 is 15.9 Å². The van der Waals surface area contributed by atoms with Crippen LogP contribution in [0.2, 0.25) is 0 Å². The number of rotatable bonds is 5. The van der Waals surface area contributed by atoms with E-state index in [1.165, 1.54) is 16.7 Å². The van der Waals surface area contributed by atoms with Crippen molar-refractivity contribution in [2.45, 2.75) is 46.2 Å². The molecule has 2 aromatic rings. The van der Waals surface area contributed by atoms with Crippen molar-refractivity contribution >= 4 is 15.9 Å². The second-order valence-electron chi connectivity index (χ2n) is 5.84. The number of benzene rings is 1. The highest BCUT2D eigenvalue weighted by atomic mass is 79.9. The lowest BCUT2D eigenvalue weighted by Crippen LogP contribution is -2.32. The van der Waals surface area contributed by atoms with Gasteiger partial charge >= 0.3 is 0 Å². The summed E-state index contributed by atoms with van der Waals surface area (Å²) in [4.78, 5) is 0. The minimum atomic E-state index is 0.0190. The van der Waals surface area contributed by atoms with Crippen LogP contribution in [0.15, 0.2) is 28.9 Å². The number of nitrogens with one attached hydrogen (secondary N) is 1. The van der Waals surface area contributed by atoms with Gasteiger partial charge in [-0.25, -0.2) is 0 Å². The average molecular weight is 351 g/mol. The van der Waals surface area contributed by atoms with E-state index in [1.807, 2.05) is 10.9 Å². The first kappa shape index (κ1) is 16.2. The molecule has 0 aliphatic rings. The smallest absolute Gasteiger partial charge is 0.0715 e. The molecule has 0 aliphatic heterocycles. The van der Waals surface area contributed by atoms with Crippen LogP contribution in [0.3, 0.4) is 0 Å². The van der Waals surface area contributed by atoms with Crippen molar-refractivity contribution in [3.8, 4) is 0 Å². The van der Waals surface area contributed by atoms with Gasteiger partial charge in [-0.15, -0.1) is 0 Å². The number of hydrogen-bond donors (Lipinski definition) is 2. The van der Waals surface area contributed by atoms with Gasteiger partial charge in [0, 0.05) is 6.04 Å². The highest BCUT2D eigenvalue weighted by molar-refractivity contribution is 9.10. The molecule has 1 heterocycles. The van der Waals surface area contributed by atoms with E-state index in [4.69, 9.17) is 5.84 Å². The second-order valence-corrected chi connectivity index (χ2v) is 6.69. The Morgan fingerprint density at radius 1 is 1.24 bits per heavy atom. The maximum atomic E-state index is 5.81. The van der Waals surface area contributed by atoms with E-state index < -0.39 is 0 Å². The lowest BCUT2D eigenvalue weighted by atomic mass is 9.99. The van der Waals surface area contributed by atoms with Crippen molar-refractivity contribution in [1.82, 2.24) is 15.2 Å². The second kappa shape index (κ2) is 6.73. The molecule has 1 aromatic carbocycles. The molecule has 0 amide bonds. The molecule has 0 fully saturated rings. The topological polar surface area (TPSA) is 55.9 Å². The van der Waals surface area contributed by atoms with Gasteiger partial charge in [0.2, 0.25) is 0 Å². The predicted molar refractivity (Wildman–Crippen MR) is 90.0 cm³/mol. The fraction of sp³-hybridized carbons (Fsp3) is 0.438. The quantitative estimate of drug-likeness (QED) is 0.639. The molecule has 0 saturated carbocycles. The molecule has 0 radical (unpaired) electrons. The lowest BCUT2D eigenvalue weighted by Gasteiger charge is -2.21. The van der Waals surface area contributed by atoms with E-state index >= 15 is 0 Å². The van der Waals surface area contributed by atoms with Gasteiger partial charge in [0.15, 0.2) is 0 Å². The van der Waals surface area contributed by atoms with Gasteiger partial charge < -0.3 is 0 Å². The molecule has 5 heteroatoms. The monoisotopic (exact) mass is 350 g/mol. The summed E-state index contributed by atoms with van der Waals surface area (Å²) < 4.78 is 3.00. The van der Waals surface area contributed by atoms with Crippen LogP contribution in [0, 0.1) is 13.8 Å². The number of nitrogens with two attached hydrogens (primary N) is 1. The summed E-state index contributed by atoms with van der Waals surface area (Å²) in [5.41, 5.74) is 7.85. The molecule has 1 atom stereocenters. The van der Waals surface area contributed by atoms with Gasteiger partial charge in [-0.1, -0.05) is 29.3 Å². The summed E-state index contributed by atoms with van der Waals surface area (Å²) in [6.07, 6.45) is 2.66. The van der Waals surface area contributed by atoms with Crippen molar-refractivity contribution in [3.05, 3.63) is 51.3 Å². The van der Waals surface area contributed by atoms with Gasteiger partial charge in [0.1, 0.15) is 0 Å². The number of hydrogen-bond acceptors (Lipinski definition) is 3. The van der Waals surface area contributed by atoms with E-state index in [0.29, 0.717) is 6.04 Å². The molecule has 1 aromatic heterocycles. The maximum Gasteiger partial charge on any atom is 0.0715 e. The molecular weight excluding hydrogens is 328 g/mol. The van der Waals surface area contributed by atoms with Crippen LogP contribution in [0.4, 0.5) is 0 Å². The van der Waals surface area contributed by atoms with Crippen LogP contribution < -0.4 is 11.3 Å². The highest BCUT2D eigenvalue weighted by Crippen LogP contribution is 2.28. The first-order valence-corrected chi connectivity index (χ1v) is 7.98. The van der Waals surface area contributed by atoms with Crippen molar-refractivity contribution < 1.29 is 0 Å². The van der Waals surface area contributed by atoms with E-state index in [1.54, 1.807) is 0 Å². The minimum Gasteiger partial charge on any atom is -0.271 e. The molecule has 114 valence electrons. The van der Waals surface area contributed by atoms with Crippen molar-refractivity contribution in [3.63, 3.8) is 0 Å². The number of hydrazine groups is 1. The number of halogens is 1. The molecule has 0 spiro atoms. The Morgan fingerprint density at radius 3 is 2.38 bits per heavy atom. The Kier molecular flexibility index (Phi) is 5.19. The van der Waals surface area contributed by atoms with Crippen LogP contribution in [-0.4, -0.2) is 9.78 Å². The van der Waals surface area contributed by atoms with Crippen LogP contribution in [0.5, 0.6) is 0 Å². The third-order valence-electron chi connectivity index (χ3n) is 3.53. The number of nitrogens with zero attached hydrogens (tertiary/aromatic N) is 2. The van der Waals surface area contributed by atoms with E-state index in [0.717, 1.165) is 16.6 Å². The van der Waals surface area contributed by atoms with Gasteiger partial charge in [-0.05, 0) is 55.6 Å². The van der Waals surface area contributed by atoms with E-state index in [-0.39, 0.29) is 6.04 Å². The van der Waals surface area contributed by atoms with Crippen LogP contribution in [0.1, 0.15) is 48.3 Å². The maximum absolute atomic E-state index is 5.81. The van der Waals surface area contributed by atoms with Crippen LogP contribution in [0.25, 0.3) is 0 Å². The molecule has 0 saturated heterocycles. The SMILES string of the molecule is Cc1cc(C)cc(CC(NN)c2c(Br)cnn2C(C)C)c1. The number of aryl methyl sites for hydroxylation is 2. The van der Waals surface area contributed by atoms with Crippen molar-refractivity contribution in [2.24, 2.45) is 5.84 Å². The van der Waals surface area contributed by atoms with Gasteiger partial charge in [0.05, 0.1) is 22.4 Å². The fourth-order valence-electron chi connectivity index (χ4n) is 2.75. The molecular formula is C16H23BrN4. The molecule has 21 heavy (non-hydrogen) atoms. The number of aromatic nitrogens is 2. The summed E-state index contributed by atoms with van der Waals surface area (Å²) in [5, 5.41) is 4.44. The molecule has 4 nitrogen and oxygen atoms in total. The third kappa shape index (κ3) is 3.73. The first-order valence-electron chi connectivity index (χ1n) is 7.18. The standard InChI is InChI=1S/C16H23BrN4/c1-10(2)21-16(14(17)9-19-21)15(20-18)8-13-6-11(3)5-12(4)7-13/h5-7,9-10,15,20H,8,18H2,1-4H3.